The van der Waals surface area contributed by atoms with Gasteiger partial charge in [-0.05, 0) is 18.6 Å². The predicted molar refractivity (Wildman–Crippen MR) is 56.4 cm³/mol. The first-order valence-corrected chi connectivity index (χ1v) is 5.12. The first kappa shape index (κ1) is 13.8. The summed E-state index contributed by atoms with van der Waals surface area (Å²) in [5, 5.41) is 2.77. The van der Waals surface area contributed by atoms with E-state index in [1.165, 1.54) is 6.07 Å². The lowest BCUT2D eigenvalue weighted by Crippen LogP contribution is -2.18. The van der Waals surface area contributed by atoms with Gasteiger partial charge in [-0.1, -0.05) is 12.1 Å². The van der Waals surface area contributed by atoms with Crippen LogP contribution in [0, 0.1) is 5.82 Å². The molecule has 0 spiro atoms. The monoisotopic (exact) mass is 251 g/mol. The van der Waals surface area contributed by atoms with Crippen molar-refractivity contribution in [3.8, 4) is 0 Å². The molecule has 0 atom stereocenters. The molecule has 0 aliphatic carbocycles. The summed E-state index contributed by atoms with van der Waals surface area (Å²) in [7, 11) is 0. The van der Waals surface area contributed by atoms with Gasteiger partial charge in [-0.3, -0.25) is 0 Å². The smallest absolute Gasteiger partial charge is 0.383 e. The summed E-state index contributed by atoms with van der Waals surface area (Å²) in [5.74, 6) is -0.385. The van der Waals surface area contributed by atoms with Gasteiger partial charge in [0.15, 0.2) is 0 Å². The third-order valence-electron chi connectivity index (χ3n) is 1.92. The lowest BCUT2D eigenvalue weighted by Gasteiger charge is -2.09. The van der Waals surface area contributed by atoms with Gasteiger partial charge in [0.25, 0.3) is 0 Å². The Labute approximate surface area is 96.6 Å². The van der Waals surface area contributed by atoms with Crippen molar-refractivity contribution in [3.05, 3.63) is 30.1 Å². The number of halogens is 4. The average Bonchev–Trinajstić information content (AvgIpc) is 2.24. The maximum Gasteiger partial charge on any atom is 0.411 e. The fraction of sp³-hybridized carbons (Fsp3) is 0.455. The highest BCUT2D eigenvalue weighted by Crippen LogP contribution is 2.14. The summed E-state index contributed by atoms with van der Waals surface area (Å²) >= 11 is 0. The lowest BCUT2D eigenvalue weighted by atomic mass is 10.3. The Morgan fingerprint density at radius 2 is 1.88 bits per heavy atom. The van der Waals surface area contributed by atoms with E-state index >= 15 is 0 Å². The maximum absolute atomic E-state index is 13.1. The van der Waals surface area contributed by atoms with E-state index in [1.54, 1.807) is 18.2 Å². The van der Waals surface area contributed by atoms with Crippen LogP contribution in [0.4, 0.5) is 23.2 Å². The van der Waals surface area contributed by atoms with Crippen molar-refractivity contribution in [1.29, 1.82) is 0 Å². The zero-order chi connectivity index (χ0) is 12.7. The normalized spacial score (nSPS) is 11.5. The van der Waals surface area contributed by atoms with Gasteiger partial charge in [-0.25, -0.2) is 4.39 Å². The van der Waals surface area contributed by atoms with Crippen molar-refractivity contribution in [2.24, 2.45) is 0 Å². The van der Waals surface area contributed by atoms with Crippen molar-refractivity contribution in [3.63, 3.8) is 0 Å². The number of hydrogen-bond donors (Lipinski definition) is 1. The molecule has 1 rings (SSSR count). The number of nitrogens with one attached hydrogen (secondary N) is 1. The topological polar surface area (TPSA) is 21.3 Å². The molecule has 1 aromatic rings. The number of benzene rings is 1. The molecule has 1 N–H and O–H groups in total. The molecule has 0 radical (unpaired) electrons. The first-order valence-electron chi connectivity index (χ1n) is 5.12. The van der Waals surface area contributed by atoms with E-state index in [2.05, 4.69) is 10.1 Å². The van der Waals surface area contributed by atoms with Crippen LogP contribution in [0.2, 0.25) is 0 Å². The molecule has 0 amide bonds. The Balaban J connectivity index is 2.11. The van der Waals surface area contributed by atoms with Crippen LogP contribution in [0.5, 0.6) is 0 Å². The van der Waals surface area contributed by atoms with Crippen LogP contribution in [-0.4, -0.2) is 25.9 Å². The second-order valence-electron chi connectivity index (χ2n) is 3.43. The molecule has 17 heavy (non-hydrogen) atoms. The number of hydrogen-bond acceptors (Lipinski definition) is 2. The molecule has 96 valence electrons. The van der Waals surface area contributed by atoms with Gasteiger partial charge in [-0.15, -0.1) is 0 Å². The van der Waals surface area contributed by atoms with Crippen LogP contribution in [0.15, 0.2) is 24.3 Å². The van der Waals surface area contributed by atoms with Crippen LogP contribution in [0.3, 0.4) is 0 Å². The molecule has 0 saturated carbocycles. The van der Waals surface area contributed by atoms with Gasteiger partial charge in [-0.2, -0.15) is 13.2 Å². The van der Waals surface area contributed by atoms with E-state index in [1.807, 2.05) is 0 Å². The molecule has 0 saturated heterocycles. The standard InChI is InChI=1S/C11H13F4NO/c12-9-4-1-2-5-10(9)16-6-3-7-17-8-11(13,14)15/h1-2,4-5,16H,3,6-8H2. The number of rotatable bonds is 6. The summed E-state index contributed by atoms with van der Waals surface area (Å²) in [4.78, 5) is 0. The Hall–Kier alpha value is -1.30. The third-order valence-corrected chi connectivity index (χ3v) is 1.92. The second-order valence-corrected chi connectivity index (χ2v) is 3.43. The number of para-hydroxylation sites is 1. The zero-order valence-electron chi connectivity index (χ0n) is 9.06. The third kappa shape index (κ3) is 6.11. The Kier molecular flexibility index (Phi) is 5.21. The Morgan fingerprint density at radius 1 is 1.18 bits per heavy atom. The molecule has 1 aromatic carbocycles. The summed E-state index contributed by atoms with van der Waals surface area (Å²) in [6.07, 6.45) is -3.91. The van der Waals surface area contributed by atoms with Crippen LogP contribution >= 0.6 is 0 Å². The molecular weight excluding hydrogens is 238 g/mol. The van der Waals surface area contributed by atoms with Crippen molar-refractivity contribution >= 4 is 5.69 Å². The second kappa shape index (κ2) is 6.44. The largest absolute Gasteiger partial charge is 0.411 e. The highest BCUT2D eigenvalue weighted by atomic mass is 19.4. The molecule has 0 bridgehead atoms. The van der Waals surface area contributed by atoms with Crippen LogP contribution < -0.4 is 5.32 Å². The number of alkyl halides is 3. The molecule has 0 heterocycles. The Morgan fingerprint density at radius 3 is 2.53 bits per heavy atom. The highest BCUT2D eigenvalue weighted by molar-refractivity contribution is 5.44. The van der Waals surface area contributed by atoms with Gasteiger partial charge < -0.3 is 10.1 Å². The maximum atomic E-state index is 13.1. The average molecular weight is 251 g/mol. The zero-order valence-corrected chi connectivity index (χ0v) is 9.06. The fourth-order valence-corrected chi connectivity index (χ4v) is 1.19. The minimum Gasteiger partial charge on any atom is -0.383 e. The van der Waals surface area contributed by atoms with E-state index in [4.69, 9.17) is 0 Å². The predicted octanol–water partition coefficient (Wildman–Crippen LogP) is 3.21. The van der Waals surface area contributed by atoms with Crippen LogP contribution in [-0.2, 0) is 4.74 Å². The summed E-state index contributed by atoms with van der Waals surface area (Å²) in [6.45, 7) is -0.896. The van der Waals surface area contributed by atoms with E-state index < -0.39 is 12.8 Å². The van der Waals surface area contributed by atoms with Crippen molar-refractivity contribution in [2.45, 2.75) is 12.6 Å². The van der Waals surface area contributed by atoms with E-state index in [0.717, 1.165) is 0 Å². The van der Waals surface area contributed by atoms with E-state index in [-0.39, 0.29) is 12.4 Å². The van der Waals surface area contributed by atoms with Gasteiger partial charge in [0.2, 0.25) is 0 Å². The van der Waals surface area contributed by atoms with Gasteiger partial charge in [0, 0.05) is 13.2 Å². The number of ether oxygens (including phenoxy) is 1. The quantitative estimate of drug-likeness (QED) is 0.619. The molecule has 0 aliphatic rings. The SMILES string of the molecule is Fc1ccccc1NCCCOCC(F)(F)F. The fourth-order valence-electron chi connectivity index (χ4n) is 1.19. The molecule has 6 heteroatoms. The molecule has 0 aliphatic heterocycles. The summed E-state index contributed by atoms with van der Waals surface area (Å²) in [5.41, 5.74) is 0.336. The Bertz CT molecular complexity index is 340. The summed E-state index contributed by atoms with van der Waals surface area (Å²) < 4.78 is 52.6. The molecule has 0 aromatic heterocycles. The minimum absolute atomic E-state index is 0.0129. The van der Waals surface area contributed by atoms with Crippen LogP contribution in [0.1, 0.15) is 6.42 Å². The number of anilines is 1. The van der Waals surface area contributed by atoms with Crippen molar-refractivity contribution < 1.29 is 22.3 Å². The molecule has 0 fully saturated rings. The minimum atomic E-state index is -4.29. The van der Waals surface area contributed by atoms with Gasteiger partial charge >= 0.3 is 6.18 Å². The van der Waals surface area contributed by atoms with Gasteiger partial charge in [0.05, 0.1) is 5.69 Å². The van der Waals surface area contributed by atoms with Crippen LogP contribution in [0.25, 0.3) is 0 Å². The highest BCUT2D eigenvalue weighted by Gasteiger charge is 2.27. The van der Waals surface area contributed by atoms with E-state index in [0.29, 0.717) is 18.7 Å². The lowest BCUT2D eigenvalue weighted by molar-refractivity contribution is -0.173. The first-order chi connectivity index (χ1) is 7.99. The van der Waals surface area contributed by atoms with E-state index in [9.17, 15) is 17.6 Å². The van der Waals surface area contributed by atoms with Crippen molar-refractivity contribution in [2.75, 3.05) is 25.1 Å². The summed E-state index contributed by atoms with van der Waals surface area (Å²) in [6, 6.07) is 6.10. The molecule has 0 unspecified atom stereocenters. The van der Waals surface area contributed by atoms with Gasteiger partial charge in [0.1, 0.15) is 12.4 Å². The molecule has 2 nitrogen and oxygen atoms in total. The molecular formula is C11H13F4NO. The van der Waals surface area contributed by atoms with Crippen molar-refractivity contribution in [1.82, 2.24) is 0 Å².